The molecule has 1 heteroatoms. The van der Waals surface area contributed by atoms with Gasteiger partial charge in [-0.1, -0.05) is 0 Å². The third-order valence-corrected chi connectivity index (χ3v) is 6.35. The van der Waals surface area contributed by atoms with Crippen molar-refractivity contribution < 1.29 is 0 Å². The molecule has 5 aromatic rings. The van der Waals surface area contributed by atoms with Crippen LogP contribution in [0, 0.1) is 0 Å². The van der Waals surface area contributed by atoms with Crippen molar-refractivity contribution in [1.82, 2.24) is 0 Å². The average molecular weight is 484 g/mol. The van der Waals surface area contributed by atoms with E-state index in [0.29, 0.717) is 0 Å². The molecule has 0 aliphatic rings. The van der Waals surface area contributed by atoms with Gasteiger partial charge in [0, 0.05) is 0 Å². The number of rotatable bonds is 8. The van der Waals surface area contributed by atoms with Crippen LogP contribution in [0.2, 0.25) is 0 Å². The first-order valence-corrected chi connectivity index (χ1v) is 12.9. The van der Waals surface area contributed by atoms with Crippen molar-refractivity contribution in [3.8, 4) is 0 Å². The van der Waals surface area contributed by atoms with Gasteiger partial charge in [0.15, 0.2) is 0 Å². The summed E-state index contributed by atoms with van der Waals surface area (Å²) in [5, 5.41) is 0. The van der Waals surface area contributed by atoms with Crippen LogP contribution in [0.5, 0.6) is 0 Å². The Morgan fingerprint density at radius 2 is 0.711 bits per heavy atom. The van der Waals surface area contributed by atoms with E-state index in [9.17, 15) is 0 Å². The summed E-state index contributed by atoms with van der Waals surface area (Å²) in [4.78, 5) is 0. The fraction of sp³-hybridized carbons (Fsp3) is 0. The first-order valence-electron chi connectivity index (χ1n) is 12.9. The van der Waals surface area contributed by atoms with Crippen LogP contribution >= 0.6 is 0 Å². The van der Waals surface area contributed by atoms with Gasteiger partial charge in [0.25, 0.3) is 0 Å². The molecule has 5 rings (SSSR count). The van der Waals surface area contributed by atoms with Crippen LogP contribution in [-0.2, 0) is 0 Å². The van der Waals surface area contributed by atoms with Crippen LogP contribution in [-0.4, -0.2) is 6.91 Å². The monoisotopic (exact) mass is 484 g/mol. The Morgan fingerprint density at radius 3 is 1.16 bits per heavy atom. The molecular weight excluding hydrogens is 455 g/mol. The zero-order chi connectivity index (χ0) is 25.8. The average Bonchev–Trinajstić information content (AvgIpc) is 2.99. The van der Waals surface area contributed by atoms with Gasteiger partial charge < -0.3 is 0 Å². The predicted molar refractivity (Wildman–Crippen MR) is 169 cm³/mol. The summed E-state index contributed by atoms with van der Waals surface area (Å²) in [6.45, 7) is 2.22. The molecular formula is C37H29B. The van der Waals surface area contributed by atoms with E-state index in [4.69, 9.17) is 0 Å². The van der Waals surface area contributed by atoms with Crippen LogP contribution in [0.15, 0.2) is 127 Å². The van der Waals surface area contributed by atoms with Crippen LogP contribution in [0.3, 0.4) is 0 Å². The zero-order valence-electron chi connectivity index (χ0n) is 21.3. The minimum absolute atomic E-state index is 1.17. The Balaban J connectivity index is 1.64. The summed E-state index contributed by atoms with van der Waals surface area (Å²) < 4.78 is 0. The van der Waals surface area contributed by atoms with Crippen LogP contribution in [0.4, 0.5) is 0 Å². The summed E-state index contributed by atoms with van der Waals surface area (Å²) in [7, 11) is 0. The first kappa shape index (κ1) is 24.9. The van der Waals surface area contributed by atoms with E-state index in [0.717, 1.165) is 0 Å². The second-order valence-corrected chi connectivity index (χ2v) is 9.05. The number of hydrogen-bond donors (Lipinski definition) is 0. The standard InChI is InChI=1S/C37H29B/c1-5-13-30(14-6-1)21-25-34-29-38-37(28-24-33-19-11-4-12-20-33)36(27-23-32-17-9-3-10-18-32)35(34)26-22-31-15-7-2-8-16-31/h1-29H. The SMILES string of the molecule is b1cc(C=Cc2ccccc2)c(C=Cc2ccccc2)c(C=Cc2ccccc2)c1C=Cc1ccccc1. The molecule has 4 aromatic carbocycles. The third kappa shape index (κ3) is 6.93. The third-order valence-electron chi connectivity index (χ3n) is 6.35. The molecule has 0 radical (unpaired) electrons. The molecule has 0 aliphatic carbocycles. The van der Waals surface area contributed by atoms with Crippen molar-refractivity contribution >= 4 is 55.5 Å². The van der Waals surface area contributed by atoms with Crippen molar-refractivity contribution in [2.24, 2.45) is 0 Å². The fourth-order valence-electron chi connectivity index (χ4n) is 4.32. The van der Waals surface area contributed by atoms with Crippen molar-refractivity contribution in [3.63, 3.8) is 0 Å². The molecule has 1 aromatic heterocycles. The molecule has 0 aliphatic heterocycles. The van der Waals surface area contributed by atoms with Gasteiger partial charge >= 0.3 is 227 Å². The van der Waals surface area contributed by atoms with Crippen LogP contribution in [0.1, 0.15) is 44.4 Å². The summed E-state index contributed by atoms with van der Waals surface area (Å²) in [6.07, 6.45) is 17.7. The molecule has 0 nitrogen and oxygen atoms in total. The summed E-state index contributed by atoms with van der Waals surface area (Å²) >= 11 is 0. The van der Waals surface area contributed by atoms with E-state index in [-0.39, 0.29) is 0 Å². The summed E-state index contributed by atoms with van der Waals surface area (Å²) in [6, 6.07) is 41.8. The van der Waals surface area contributed by atoms with Gasteiger partial charge in [0.2, 0.25) is 0 Å². The molecule has 38 heavy (non-hydrogen) atoms. The molecule has 0 saturated heterocycles. The zero-order valence-corrected chi connectivity index (χ0v) is 21.3. The Labute approximate surface area is 226 Å². The molecule has 0 fully saturated rings. The first-order chi connectivity index (χ1) is 18.8. The molecule has 0 saturated carbocycles. The van der Waals surface area contributed by atoms with Crippen LogP contribution < -0.4 is 0 Å². The van der Waals surface area contributed by atoms with Gasteiger partial charge in [0.05, 0.1) is 0 Å². The molecule has 1 heterocycles. The minimum atomic E-state index is 1.17. The number of hydrogen-bond acceptors (Lipinski definition) is 0. The van der Waals surface area contributed by atoms with E-state index in [2.05, 4.69) is 159 Å². The topological polar surface area (TPSA) is 0 Å². The quantitative estimate of drug-likeness (QED) is 0.206. The Kier molecular flexibility index (Phi) is 8.52. The van der Waals surface area contributed by atoms with E-state index in [1.54, 1.807) is 0 Å². The van der Waals surface area contributed by atoms with Crippen molar-refractivity contribution in [3.05, 3.63) is 172 Å². The van der Waals surface area contributed by atoms with E-state index in [1.165, 1.54) is 44.4 Å². The second kappa shape index (κ2) is 13.0. The van der Waals surface area contributed by atoms with E-state index >= 15 is 0 Å². The van der Waals surface area contributed by atoms with E-state index < -0.39 is 0 Å². The van der Waals surface area contributed by atoms with Gasteiger partial charge in [-0.05, 0) is 0 Å². The summed E-state index contributed by atoms with van der Waals surface area (Å²) in [5.41, 5.74) is 9.42. The molecule has 0 bridgehead atoms. The normalized spacial score (nSPS) is 11.7. The van der Waals surface area contributed by atoms with Crippen molar-refractivity contribution in [1.29, 1.82) is 0 Å². The Morgan fingerprint density at radius 1 is 0.342 bits per heavy atom. The molecule has 0 unspecified atom stereocenters. The van der Waals surface area contributed by atoms with Crippen molar-refractivity contribution in [2.45, 2.75) is 0 Å². The summed E-state index contributed by atoms with van der Waals surface area (Å²) in [5.74, 6) is 2.22. The molecule has 0 amide bonds. The molecule has 0 atom stereocenters. The van der Waals surface area contributed by atoms with Gasteiger partial charge in [-0.15, -0.1) is 0 Å². The molecule has 0 N–H and O–H groups in total. The number of benzene rings is 4. The molecule has 180 valence electrons. The molecule has 0 spiro atoms. The Bertz CT molecular complexity index is 1440. The van der Waals surface area contributed by atoms with Gasteiger partial charge in [-0.2, -0.15) is 0 Å². The predicted octanol–water partition coefficient (Wildman–Crippen LogP) is 9.71. The maximum atomic E-state index is 2.24. The van der Waals surface area contributed by atoms with Gasteiger partial charge in [0.1, 0.15) is 0 Å². The fourth-order valence-corrected chi connectivity index (χ4v) is 4.32. The Hall–Kier alpha value is -4.75. The van der Waals surface area contributed by atoms with Crippen LogP contribution in [0.25, 0.3) is 48.6 Å². The van der Waals surface area contributed by atoms with Gasteiger partial charge in [-0.25, -0.2) is 0 Å². The van der Waals surface area contributed by atoms with Gasteiger partial charge in [-0.3, -0.25) is 0 Å². The second-order valence-electron chi connectivity index (χ2n) is 9.05. The van der Waals surface area contributed by atoms with Crippen molar-refractivity contribution in [2.75, 3.05) is 0 Å². The maximum absolute atomic E-state index is 2.24. The van der Waals surface area contributed by atoms with E-state index in [1.807, 2.05) is 24.3 Å².